The van der Waals surface area contributed by atoms with E-state index in [0.29, 0.717) is 0 Å². The fourth-order valence-electron chi connectivity index (χ4n) is 2.15. The Balaban J connectivity index is 2.02. The summed E-state index contributed by atoms with van der Waals surface area (Å²) >= 11 is 0. The van der Waals surface area contributed by atoms with E-state index in [9.17, 15) is 5.11 Å². The van der Waals surface area contributed by atoms with Gasteiger partial charge in [0.1, 0.15) is 0 Å². The van der Waals surface area contributed by atoms with E-state index in [1.807, 2.05) is 0 Å². The van der Waals surface area contributed by atoms with Gasteiger partial charge in [-0.05, 0) is 44.3 Å². The lowest BCUT2D eigenvalue weighted by Crippen LogP contribution is -2.39. The third-order valence-electron chi connectivity index (χ3n) is 3.64. The van der Waals surface area contributed by atoms with E-state index in [1.165, 1.54) is 12.8 Å². The molecule has 0 radical (unpaired) electrons. The predicted octanol–water partition coefficient (Wildman–Crippen LogP) is 1.32. The van der Waals surface area contributed by atoms with Crippen molar-refractivity contribution in [3.63, 3.8) is 0 Å². The van der Waals surface area contributed by atoms with Crippen LogP contribution in [0.5, 0.6) is 0 Å². The molecule has 2 unspecified atom stereocenters. The normalized spacial score (nSPS) is 20.1. The van der Waals surface area contributed by atoms with E-state index in [1.54, 1.807) is 0 Å². The molecule has 1 fully saturated rings. The molecule has 0 aromatic carbocycles. The van der Waals surface area contributed by atoms with Gasteiger partial charge in [0.05, 0.1) is 6.10 Å². The smallest absolute Gasteiger partial charge is 0.0791 e. The minimum atomic E-state index is -0.230. The van der Waals surface area contributed by atoms with Crippen molar-refractivity contribution in [1.29, 1.82) is 0 Å². The number of rotatable bonds is 9. The number of hydrogen-bond acceptors (Lipinski definition) is 3. The predicted molar refractivity (Wildman–Crippen MR) is 68.6 cm³/mol. The summed E-state index contributed by atoms with van der Waals surface area (Å²) < 4.78 is 0. The summed E-state index contributed by atoms with van der Waals surface area (Å²) in [6.45, 7) is 11.2. The molecule has 0 heterocycles. The Labute approximate surface area is 100 Å². The van der Waals surface area contributed by atoms with Crippen molar-refractivity contribution in [3.8, 4) is 0 Å². The summed E-state index contributed by atoms with van der Waals surface area (Å²) in [6, 6.07) is 0. The Bertz CT molecular complexity index is 179. The van der Waals surface area contributed by atoms with Gasteiger partial charge in [0.25, 0.3) is 0 Å². The van der Waals surface area contributed by atoms with Crippen molar-refractivity contribution in [2.45, 2.75) is 39.7 Å². The molecule has 0 saturated heterocycles. The molecule has 2 atom stereocenters. The third kappa shape index (κ3) is 5.28. The first-order chi connectivity index (χ1) is 7.67. The molecule has 1 saturated carbocycles. The molecule has 0 amide bonds. The zero-order chi connectivity index (χ0) is 12.0. The fourth-order valence-corrected chi connectivity index (χ4v) is 2.15. The minimum absolute atomic E-state index is 0.230. The summed E-state index contributed by atoms with van der Waals surface area (Å²) in [4.78, 5) is 2.26. The Hall–Kier alpha value is -0.120. The Kier molecular flexibility index (Phi) is 6.32. The molecule has 1 aliphatic rings. The van der Waals surface area contributed by atoms with Crippen molar-refractivity contribution < 1.29 is 5.11 Å². The molecule has 1 rings (SSSR count). The van der Waals surface area contributed by atoms with Gasteiger partial charge in [0, 0.05) is 13.1 Å². The molecule has 0 bridgehead atoms. The standard InChI is InChI=1S/C13H28N2O/c1-4-15(5-2)10-13(16)9-14-8-11(3)12-6-7-12/h11-14,16H,4-10H2,1-3H3. The second kappa shape index (κ2) is 7.25. The van der Waals surface area contributed by atoms with E-state index in [0.717, 1.165) is 44.6 Å². The van der Waals surface area contributed by atoms with Crippen LogP contribution in [-0.4, -0.2) is 48.8 Å². The van der Waals surface area contributed by atoms with Gasteiger partial charge in [-0.1, -0.05) is 20.8 Å². The highest BCUT2D eigenvalue weighted by Gasteiger charge is 2.27. The molecule has 16 heavy (non-hydrogen) atoms. The first-order valence-corrected chi connectivity index (χ1v) is 6.78. The number of hydrogen-bond donors (Lipinski definition) is 2. The molecule has 2 N–H and O–H groups in total. The number of nitrogens with zero attached hydrogens (tertiary/aromatic N) is 1. The summed E-state index contributed by atoms with van der Waals surface area (Å²) in [5.41, 5.74) is 0. The van der Waals surface area contributed by atoms with Crippen LogP contribution in [0.15, 0.2) is 0 Å². The average molecular weight is 228 g/mol. The maximum Gasteiger partial charge on any atom is 0.0791 e. The van der Waals surface area contributed by atoms with E-state index in [2.05, 4.69) is 31.0 Å². The lowest BCUT2D eigenvalue weighted by Gasteiger charge is -2.22. The quantitative estimate of drug-likeness (QED) is 0.625. The van der Waals surface area contributed by atoms with Crippen LogP contribution in [-0.2, 0) is 0 Å². The summed E-state index contributed by atoms with van der Waals surface area (Å²) in [6.07, 6.45) is 2.58. The Morgan fingerprint density at radius 3 is 2.38 bits per heavy atom. The number of aliphatic hydroxyl groups is 1. The summed E-state index contributed by atoms with van der Waals surface area (Å²) in [5, 5.41) is 13.2. The molecular weight excluding hydrogens is 200 g/mol. The van der Waals surface area contributed by atoms with Crippen LogP contribution >= 0.6 is 0 Å². The number of aliphatic hydroxyl groups excluding tert-OH is 1. The monoisotopic (exact) mass is 228 g/mol. The van der Waals surface area contributed by atoms with E-state index in [-0.39, 0.29) is 6.10 Å². The highest BCUT2D eigenvalue weighted by atomic mass is 16.3. The van der Waals surface area contributed by atoms with E-state index >= 15 is 0 Å². The molecule has 0 aromatic heterocycles. The van der Waals surface area contributed by atoms with Crippen LogP contribution in [0.3, 0.4) is 0 Å². The molecule has 3 nitrogen and oxygen atoms in total. The van der Waals surface area contributed by atoms with Crippen LogP contribution in [0.4, 0.5) is 0 Å². The Morgan fingerprint density at radius 2 is 1.88 bits per heavy atom. The van der Waals surface area contributed by atoms with Gasteiger partial charge in [0.15, 0.2) is 0 Å². The van der Waals surface area contributed by atoms with Crippen molar-refractivity contribution in [2.24, 2.45) is 11.8 Å². The summed E-state index contributed by atoms with van der Waals surface area (Å²) in [5.74, 6) is 1.73. The maximum atomic E-state index is 9.84. The highest BCUT2D eigenvalue weighted by molar-refractivity contribution is 4.80. The average Bonchev–Trinajstić information content (AvgIpc) is 3.09. The lowest BCUT2D eigenvalue weighted by molar-refractivity contribution is 0.115. The first-order valence-electron chi connectivity index (χ1n) is 6.78. The molecule has 3 heteroatoms. The zero-order valence-electron chi connectivity index (χ0n) is 11.1. The molecule has 1 aliphatic carbocycles. The first kappa shape index (κ1) is 13.9. The molecule has 0 aliphatic heterocycles. The fraction of sp³-hybridized carbons (Fsp3) is 1.00. The highest BCUT2D eigenvalue weighted by Crippen LogP contribution is 2.35. The lowest BCUT2D eigenvalue weighted by atomic mass is 10.1. The minimum Gasteiger partial charge on any atom is -0.390 e. The molecular formula is C13H28N2O. The maximum absolute atomic E-state index is 9.84. The largest absolute Gasteiger partial charge is 0.390 e. The van der Waals surface area contributed by atoms with Crippen LogP contribution in [0.25, 0.3) is 0 Å². The van der Waals surface area contributed by atoms with Crippen molar-refractivity contribution >= 4 is 0 Å². The van der Waals surface area contributed by atoms with Crippen LogP contribution in [0.1, 0.15) is 33.6 Å². The van der Waals surface area contributed by atoms with Crippen LogP contribution in [0.2, 0.25) is 0 Å². The van der Waals surface area contributed by atoms with Gasteiger partial charge in [0.2, 0.25) is 0 Å². The van der Waals surface area contributed by atoms with Gasteiger partial charge in [-0.25, -0.2) is 0 Å². The zero-order valence-corrected chi connectivity index (χ0v) is 11.1. The summed E-state index contributed by atoms with van der Waals surface area (Å²) in [7, 11) is 0. The van der Waals surface area contributed by atoms with Gasteiger partial charge in [-0.3, -0.25) is 0 Å². The SMILES string of the molecule is CCN(CC)CC(O)CNCC(C)C1CC1. The number of nitrogens with one attached hydrogen (secondary N) is 1. The van der Waals surface area contributed by atoms with Gasteiger partial charge in [-0.2, -0.15) is 0 Å². The topological polar surface area (TPSA) is 35.5 Å². The van der Waals surface area contributed by atoms with Crippen molar-refractivity contribution in [1.82, 2.24) is 10.2 Å². The van der Waals surface area contributed by atoms with E-state index in [4.69, 9.17) is 0 Å². The van der Waals surface area contributed by atoms with Gasteiger partial charge >= 0.3 is 0 Å². The third-order valence-corrected chi connectivity index (χ3v) is 3.64. The Morgan fingerprint density at radius 1 is 1.25 bits per heavy atom. The number of likely N-dealkylation sites (N-methyl/N-ethyl adjacent to an activating group) is 1. The second-order valence-corrected chi connectivity index (χ2v) is 5.11. The van der Waals surface area contributed by atoms with Gasteiger partial charge < -0.3 is 15.3 Å². The van der Waals surface area contributed by atoms with Crippen LogP contribution < -0.4 is 5.32 Å². The van der Waals surface area contributed by atoms with Crippen LogP contribution in [0, 0.1) is 11.8 Å². The van der Waals surface area contributed by atoms with Crippen molar-refractivity contribution in [3.05, 3.63) is 0 Å². The second-order valence-electron chi connectivity index (χ2n) is 5.11. The molecule has 96 valence electrons. The van der Waals surface area contributed by atoms with Crippen molar-refractivity contribution in [2.75, 3.05) is 32.7 Å². The molecule has 0 spiro atoms. The molecule has 0 aromatic rings. The van der Waals surface area contributed by atoms with E-state index < -0.39 is 0 Å². The van der Waals surface area contributed by atoms with Gasteiger partial charge in [-0.15, -0.1) is 0 Å².